The second kappa shape index (κ2) is 8.31. The first-order valence-corrected chi connectivity index (χ1v) is 8.82. The topological polar surface area (TPSA) is 88.7 Å². The number of hydrogen-bond donors (Lipinski definition) is 3. The van der Waals surface area contributed by atoms with E-state index in [4.69, 9.17) is 9.47 Å². The Morgan fingerprint density at radius 1 is 1.24 bits per heavy atom. The third-order valence-corrected chi connectivity index (χ3v) is 4.23. The molecule has 1 aromatic carbocycles. The number of carbonyl (C=O) groups excluding carboxylic acids is 2. The molecule has 0 spiro atoms. The molecule has 136 valence electrons. The first kappa shape index (κ1) is 17.7. The molecule has 1 aromatic rings. The van der Waals surface area contributed by atoms with Crippen molar-refractivity contribution in [3.63, 3.8) is 0 Å². The van der Waals surface area contributed by atoms with Crippen LogP contribution >= 0.6 is 0 Å². The Hall–Kier alpha value is -2.12. The van der Waals surface area contributed by atoms with Gasteiger partial charge in [0.05, 0.1) is 12.7 Å². The van der Waals surface area contributed by atoms with Gasteiger partial charge in [0, 0.05) is 24.0 Å². The number of nitrogens with one attached hydrogen (secondary N) is 3. The Morgan fingerprint density at radius 2 is 2.00 bits per heavy atom. The quantitative estimate of drug-likeness (QED) is 0.707. The minimum absolute atomic E-state index is 0.0905. The highest BCUT2D eigenvalue weighted by Gasteiger charge is 2.23. The first-order valence-electron chi connectivity index (χ1n) is 8.82. The summed E-state index contributed by atoms with van der Waals surface area (Å²) in [6.45, 7) is 2.91. The van der Waals surface area contributed by atoms with E-state index in [9.17, 15) is 9.59 Å². The minimum Gasteiger partial charge on any atom is -0.376 e. The predicted molar refractivity (Wildman–Crippen MR) is 94.6 cm³/mol. The van der Waals surface area contributed by atoms with Crippen LogP contribution in [-0.4, -0.2) is 43.4 Å². The lowest BCUT2D eigenvalue weighted by Gasteiger charge is -2.16. The molecule has 3 amide bonds. The van der Waals surface area contributed by atoms with Crippen LogP contribution in [-0.2, 0) is 14.3 Å². The molecule has 2 atom stereocenters. The summed E-state index contributed by atoms with van der Waals surface area (Å²) in [6, 6.07) is 7.12. The molecule has 0 radical (unpaired) electrons. The van der Waals surface area contributed by atoms with Gasteiger partial charge in [-0.15, -0.1) is 0 Å². The van der Waals surface area contributed by atoms with Gasteiger partial charge in [0.1, 0.15) is 6.10 Å². The van der Waals surface area contributed by atoms with Crippen molar-refractivity contribution >= 4 is 23.3 Å². The van der Waals surface area contributed by atoms with Gasteiger partial charge in [-0.1, -0.05) is 6.07 Å². The first-order chi connectivity index (χ1) is 12.1. The molecule has 25 heavy (non-hydrogen) atoms. The van der Waals surface area contributed by atoms with Gasteiger partial charge in [-0.2, -0.15) is 0 Å². The molecule has 3 N–H and O–H groups in total. The summed E-state index contributed by atoms with van der Waals surface area (Å²) >= 11 is 0. The number of anilines is 2. The fourth-order valence-corrected chi connectivity index (χ4v) is 2.60. The Bertz CT molecular complexity index is 612. The molecule has 7 heteroatoms. The molecule has 0 aromatic heterocycles. The monoisotopic (exact) mass is 347 g/mol. The molecule has 1 aliphatic carbocycles. The van der Waals surface area contributed by atoms with Gasteiger partial charge in [0.15, 0.2) is 0 Å². The van der Waals surface area contributed by atoms with E-state index in [2.05, 4.69) is 16.0 Å². The lowest BCUT2D eigenvalue weighted by atomic mass is 10.2. The lowest BCUT2D eigenvalue weighted by Crippen LogP contribution is -2.31. The van der Waals surface area contributed by atoms with Crippen LogP contribution in [0.3, 0.4) is 0 Å². The molecular formula is C18H25N3O4. The molecular weight excluding hydrogens is 322 g/mol. The smallest absolute Gasteiger partial charge is 0.319 e. The number of hydrogen-bond acceptors (Lipinski definition) is 4. The van der Waals surface area contributed by atoms with Gasteiger partial charge in [-0.25, -0.2) is 4.79 Å². The summed E-state index contributed by atoms with van der Waals surface area (Å²) in [5.74, 6) is -0.224. The van der Waals surface area contributed by atoms with Gasteiger partial charge < -0.3 is 25.4 Å². The highest BCUT2D eigenvalue weighted by atomic mass is 16.5. The summed E-state index contributed by atoms with van der Waals surface area (Å²) in [5.41, 5.74) is 1.24. The number of ether oxygens (including phenoxy) is 2. The Morgan fingerprint density at radius 3 is 2.68 bits per heavy atom. The molecule has 1 aliphatic heterocycles. The fourth-order valence-electron chi connectivity index (χ4n) is 2.60. The minimum atomic E-state index is -0.570. The van der Waals surface area contributed by atoms with E-state index in [1.165, 1.54) is 0 Å². The second-order valence-electron chi connectivity index (χ2n) is 6.55. The highest BCUT2D eigenvalue weighted by Crippen LogP contribution is 2.20. The summed E-state index contributed by atoms with van der Waals surface area (Å²) in [4.78, 5) is 24.0. The maximum absolute atomic E-state index is 12.2. The van der Waals surface area contributed by atoms with Crippen molar-refractivity contribution in [1.29, 1.82) is 0 Å². The zero-order valence-corrected chi connectivity index (χ0v) is 14.4. The zero-order chi connectivity index (χ0) is 17.6. The van der Waals surface area contributed by atoms with Crippen LogP contribution < -0.4 is 16.0 Å². The number of carbonyl (C=O) groups is 2. The zero-order valence-electron chi connectivity index (χ0n) is 14.4. The average Bonchev–Trinajstić information content (AvgIpc) is 3.23. The standard InChI is InChI=1S/C18H25N3O4/c1-12(25-11-16-6-3-9-24-16)17(22)19-14-4-2-5-15(10-14)21-18(23)20-13-7-8-13/h2,4-5,10,12-13,16H,3,6-9,11H2,1H3,(H,19,22)(H2,20,21,23)/t12-,16-/m1/s1. The molecule has 3 rings (SSSR count). The molecule has 0 bridgehead atoms. The average molecular weight is 347 g/mol. The Labute approximate surface area is 147 Å². The van der Waals surface area contributed by atoms with Crippen LogP contribution in [0.15, 0.2) is 24.3 Å². The van der Waals surface area contributed by atoms with Crippen molar-refractivity contribution in [2.75, 3.05) is 23.8 Å². The summed E-state index contributed by atoms with van der Waals surface area (Å²) < 4.78 is 11.1. The SMILES string of the molecule is C[C@@H](OC[C@H]1CCCO1)C(=O)Nc1cccc(NC(=O)NC2CC2)c1. The van der Waals surface area contributed by atoms with E-state index in [1.54, 1.807) is 31.2 Å². The summed E-state index contributed by atoms with van der Waals surface area (Å²) in [5, 5.41) is 8.43. The Kier molecular flexibility index (Phi) is 5.88. The molecule has 0 unspecified atom stereocenters. The maximum Gasteiger partial charge on any atom is 0.319 e. The van der Waals surface area contributed by atoms with Crippen LogP contribution in [0.25, 0.3) is 0 Å². The van der Waals surface area contributed by atoms with Gasteiger partial charge in [0.2, 0.25) is 0 Å². The van der Waals surface area contributed by atoms with E-state index in [-0.39, 0.29) is 18.0 Å². The van der Waals surface area contributed by atoms with Crippen molar-refractivity contribution in [3.05, 3.63) is 24.3 Å². The van der Waals surface area contributed by atoms with Crippen molar-refractivity contribution in [1.82, 2.24) is 5.32 Å². The van der Waals surface area contributed by atoms with Crippen molar-refractivity contribution in [2.24, 2.45) is 0 Å². The van der Waals surface area contributed by atoms with Gasteiger partial charge in [0.25, 0.3) is 5.91 Å². The van der Waals surface area contributed by atoms with Crippen LogP contribution in [0, 0.1) is 0 Å². The third-order valence-electron chi connectivity index (χ3n) is 4.23. The normalized spacial score (nSPS) is 20.8. The number of rotatable bonds is 7. The maximum atomic E-state index is 12.2. The second-order valence-corrected chi connectivity index (χ2v) is 6.55. The van der Waals surface area contributed by atoms with Crippen LogP contribution in [0.1, 0.15) is 32.6 Å². The van der Waals surface area contributed by atoms with Crippen LogP contribution in [0.2, 0.25) is 0 Å². The summed E-state index contributed by atoms with van der Waals surface area (Å²) in [7, 11) is 0. The lowest BCUT2D eigenvalue weighted by molar-refractivity contribution is -0.128. The highest BCUT2D eigenvalue weighted by molar-refractivity contribution is 5.95. The number of amides is 3. The van der Waals surface area contributed by atoms with Crippen LogP contribution in [0.4, 0.5) is 16.2 Å². The molecule has 2 fully saturated rings. The van der Waals surface area contributed by atoms with Gasteiger partial charge >= 0.3 is 6.03 Å². The van der Waals surface area contributed by atoms with E-state index in [0.717, 1.165) is 32.3 Å². The molecule has 1 saturated heterocycles. The number of benzene rings is 1. The largest absolute Gasteiger partial charge is 0.376 e. The van der Waals surface area contributed by atoms with E-state index >= 15 is 0 Å². The predicted octanol–water partition coefficient (Wildman–Crippen LogP) is 2.49. The van der Waals surface area contributed by atoms with Gasteiger partial charge in [-0.05, 0) is 50.8 Å². The van der Waals surface area contributed by atoms with E-state index in [1.807, 2.05) is 0 Å². The van der Waals surface area contributed by atoms with Crippen LogP contribution in [0.5, 0.6) is 0 Å². The molecule has 2 aliphatic rings. The Balaban J connectivity index is 1.46. The van der Waals surface area contributed by atoms with E-state index in [0.29, 0.717) is 24.0 Å². The molecule has 1 saturated carbocycles. The van der Waals surface area contributed by atoms with Crippen molar-refractivity contribution in [2.45, 2.75) is 50.9 Å². The molecule has 1 heterocycles. The fraction of sp³-hybridized carbons (Fsp3) is 0.556. The third kappa shape index (κ3) is 5.72. The van der Waals surface area contributed by atoms with Crippen molar-refractivity contribution < 1.29 is 19.1 Å². The van der Waals surface area contributed by atoms with Crippen molar-refractivity contribution in [3.8, 4) is 0 Å². The number of urea groups is 1. The van der Waals surface area contributed by atoms with E-state index < -0.39 is 6.10 Å². The molecule has 7 nitrogen and oxygen atoms in total. The summed E-state index contributed by atoms with van der Waals surface area (Å²) in [6.07, 6.45) is 3.61. The van der Waals surface area contributed by atoms with Gasteiger partial charge in [-0.3, -0.25) is 4.79 Å².